The van der Waals surface area contributed by atoms with E-state index < -0.39 is 12.1 Å². The van der Waals surface area contributed by atoms with Gasteiger partial charge in [0, 0.05) is 7.11 Å². The molecule has 0 bridgehead atoms. The van der Waals surface area contributed by atoms with Crippen molar-refractivity contribution < 1.29 is 14.6 Å². The second kappa shape index (κ2) is 4.05. The normalized spacial score (nSPS) is 12.5. The number of methoxy groups -OCH3 is 1. The highest BCUT2D eigenvalue weighted by molar-refractivity contribution is 5.74. The second-order valence-corrected chi connectivity index (χ2v) is 2.81. The lowest BCUT2D eigenvalue weighted by Crippen LogP contribution is -2.14. The topological polar surface area (TPSA) is 46.5 Å². The highest BCUT2D eigenvalue weighted by Gasteiger charge is 2.19. The third-order valence-electron chi connectivity index (χ3n) is 1.93. The Morgan fingerprint density at radius 1 is 1.46 bits per heavy atom. The van der Waals surface area contributed by atoms with E-state index in [1.807, 2.05) is 19.1 Å². The van der Waals surface area contributed by atoms with Crippen LogP contribution in [0.3, 0.4) is 0 Å². The molecule has 0 amide bonds. The predicted octanol–water partition coefficient (Wildman–Crippen LogP) is 1.77. The van der Waals surface area contributed by atoms with Crippen molar-refractivity contribution in [2.75, 3.05) is 7.11 Å². The fourth-order valence-corrected chi connectivity index (χ4v) is 1.24. The SMILES string of the molecule is CO[C@H](C(=O)O)c1ccccc1C. The van der Waals surface area contributed by atoms with Crippen LogP contribution in [0.1, 0.15) is 17.2 Å². The summed E-state index contributed by atoms with van der Waals surface area (Å²) in [5.41, 5.74) is 1.63. The number of aliphatic carboxylic acids is 1. The van der Waals surface area contributed by atoms with Crippen molar-refractivity contribution in [2.45, 2.75) is 13.0 Å². The standard InChI is InChI=1S/C10H12O3/c1-7-5-3-4-6-8(7)9(13-2)10(11)12/h3-6,9H,1-2H3,(H,11,12)/t9-/m0/s1. The van der Waals surface area contributed by atoms with Crippen molar-refractivity contribution in [1.29, 1.82) is 0 Å². The van der Waals surface area contributed by atoms with Crippen LogP contribution in [0.15, 0.2) is 24.3 Å². The van der Waals surface area contributed by atoms with Gasteiger partial charge in [0.25, 0.3) is 0 Å². The van der Waals surface area contributed by atoms with Gasteiger partial charge in [-0.25, -0.2) is 4.79 Å². The Balaban J connectivity index is 3.04. The summed E-state index contributed by atoms with van der Waals surface area (Å²) in [5, 5.41) is 8.83. The van der Waals surface area contributed by atoms with Gasteiger partial charge in [0.05, 0.1) is 0 Å². The zero-order chi connectivity index (χ0) is 9.84. The van der Waals surface area contributed by atoms with E-state index in [2.05, 4.69) is 0 Å². The van der Waals surface area contributed by atoms with Crippen LogP contribution in [-0.2, 0) is 9.53 Å². The Morgan fingerprint density at radius 3 is 2.54 bits per heavy atom. The second-order valence-electron chi connectivity index (χ2n) is 2.81. The molecule has 0 heterocycles. The van der Waals surface area contributed by atoms with Gasteiger partial charge in [0.2, 0.25) is 0 Å². The Labute approximate surface area is 77.0 Å². The molecule has 0 aromatic heterocycles. The van der Waals surface area contributed by atoms with Crippen molar-refractivity contribution in [3.63, 3.8) is 0 Å². The minimum atomic E-state index is -0.961. The lowest BCUT2D eigenvalue weighted by atomic mass is 10.0. The number of aryl methyl sites for hydroxylation is 1. The molecular weight excluding hydrogens is 168 g/mol. The minimum absolute atomic E-state index is 0.706. The van der Waals surface area contributed by atoms with E-state index in [1.165, 1.54) is 7.11 Å². The quantitative estimate of drug-likeness (QED) is 0.771. The summed E-state index contributed by atoms with van der Waals surface area (Å²) < 4.78 is 4.88. The molecule has 1 aromatic carbocycles. The molecule has 0 aliphatic rings. The van der Waals surface area contributed by atoms with E-state index in [0.29, 0.717) is 5.56 Å². The molecule has 1 atom stereocenters. The average Bonchev–Trinajstić information content (AvgIpc) is 2.09. The van der Waals surface area contributed by atoms with Gasteiger partial charge in [0.1, 0.15) is 0 Å². The Morgan fingerprint density at radius 2 is 2.08 bits per heavy atom. The molecule has 1 rings (SSSR count). The molecule has 3 heteroatoms. The first-order chi connectivity index (χ1) is 6.16. The Hall–Kier alpha value is -1.35. The van der Waals surface area contributed by atoms with Gasteiger partial charge in [-0.15, -0.1) is 0 Å². The summed E-state index contributed by atoms with van der Waals surface area (Å²) in [6.45, 7) is 1.87. The third kappa shape index (κ3) is 2.06. The molecular formula is C10H12O3. The van der Waals surface area contributed by atoms with E-state index in [9.17, 15) is 4.79 Å². The summed E-state index contributed by atoms with van der Waals surface area (Å²) >= 11 is 0. The van der Waals surface area contributed by atoms with Crippen molar-refractivity contribution >= 4 is 5.97 Å². The van der Waals surface area contributed by atoms with Gasteiger partial charge in [-0.05, 0) is 18.1 Å². The maximum Gasteiger partial charge on any atom is 0.337 e. The van der Waals surface area contributed by atoms with Gasteiger partial charge >= 0.3 is 5.97 Å². The molecule has 1 N–H and O–H groups in total. The number of carboxylic acids is 1. The van der Waals surface area contributed by atoms with Gasteiger partial charge in [-0.3, -0.25) is 0 Å². The summed E-state index contributed by atoms with van der Waals surface area (Å²) in [7, 11) is 1.39. The molecule has 70 valence electrons. The van der Waals surface area contributed by atoms with Gasteiger partial charge in [0.15, 0.2) is 6.10 Å². The third-order valence-corrected chi connectivity index (χ3v) is 1.93. The molecule has 0 radical (unpaired) electrons. The van der Waals surface area contributed by atoms with Crippen molar-refractivity contribution in [2.24, 2.45) is 0 Å². The summed E-state index contributed by atoms with van der Waals surface area (Å²) in [6, 6.07) is 7.30. The molecule has 0 spiro atoms. The number of hydrogen-bond acceptors (Lipinski definition) is 2. The van der Waals surface area contributed by atoms with Crippen LogP contribution in [0.5, 0.6) is 0 Å². The zero-order valence-corrected chi connectivity index (χ0v) is 7.65. The van der Waals surface area contributed by atoms with Gasteiger partial charge in [-0.2, -0.15) is 0 Å². The number of ether oxygens (including phenoxy) is 1. The predicted molar refractivity (Wildman–Crippen MR) is 48.6 cm³/mol. The fraction of sp³-hybridized carbons (Fsp3) is 0.300. The van der Waals surface area contributed by atoms with Gasteiger partial charge < -0.3 is 9.84 Å². The lowest BCUT2D eigenvalue weighted by molar-refractivity contribution is -0.148. The van der Waals surface area contributed by atoms with Crippen LogP contribution >= 0.6 is 0 Å². The highest BCUT2D eigenvalue weighted by Crippen LogP contribution is 2.20. The summed E-state index contributed by atoms with van der Waals surface area (Å²) in [6.07, 6.45) is -0.860. The maximum absolute atomic E-state index is 10.8. The maximum atomic E-state index is 10.8. The van der Waals surface area contributed by atoms with E-state index in [0.717, 1.165) is 5.56 Å². The molecule has 0 saturated carbocycles. The van der Waals surface area contributed by atoms with Crippen LogP contribution in [-0.4, -0.2) is 18.2 Å². The van der Waals surface area contributed by atoms with Crippen LogP contribution in [0, 0.1) is 6.92 Å². The highest BCUT2D eigenvalue weighted by atomic mass is 16.5. The number of rotatable bonds is 3. The van der Waals surface area contributed by atoms with Crippen LogP contribution in [0.2, 0.25) is 0 Å². The van der Waals surface area contributed by atoms with E-state index >= 15 is 0 Å². The molecule has 0 fully saturated rings. The summed E-state index contributed by atoms with van der Waals surface area (Å²) in [4.78, 5) is 10.8. The monoisotopic (exact) mass is 180 g/mol. The number of carbonyl (C=O) groups is 1. The molecule has 13 heavy (non-hydrogen) atoms. The molecule has 0 aliphatic carbocycles. The van der Waals surface area contributed by atoms with E-state index in [1.54, 1.807) is 12.1 Å². The van der Waals surface area contributed by atoms with Crippen LogP contribution < -0.4 is 0 Å². The minimum Gasteiger partial charge on any atom is -0.479 e. The average molecular weight is 180 g/mol. The number of carboxylic acid groups (broad SMARTS) is 1. The van der Waals surface area contributed by atoms with Crippen molar-refractivity contribution in [3.05, 3.63) is 35.4 Å². The molecule has 1 aromatic rings. The van der Waals surface area contributed by atoms with Crippen molar-refractivity contribution in [3.8, 4) is 0 Å². The zero-order valence-electron chi connectivity index (χ0n) is 7.65. The van der Waals surface area contributed by atoms with Crippen LogP contribution in [0.25, 0.3) is 0 Å². The van der Waals surface area contributed by atoms with Crippen molar-refractivity contribution in [1.82, 2.24) is 0 Å². The molecule has 0 unspecified atom stereocenters. The fourth-order valence-electron chi connectivity index (χ4n) is 1.24. The Bertz CT molecular complexity index is 307. The molecule has 0 saturated heterocycles. The Kier molecular flexibility index (Phi) is 3.03. The van der Waals surface area contributed by atoms with E-state index in [-0.39, 0.29) is 0 Å². The van der Waals surface area contributed by atoms with Crippen LogP contribution in [0.4, 0.5) is 0 Å². The summed E-state index contributed by atoms with van der Waals surface area (Å²) in [5.74, 6) is -0.961. The smallest absolute Gasteiger partial charge is 0.337 e. The van der Waals surface area contributed by atoms with Gasteiger partial charge in [-0.1, -0.05) is 24.3 Å². The first kappa shape index (κ1) is 9.74. The molecule has 3 nitrogen and oxygen atoms in total. The van der Waals surface area contributed by atoms with E-state index in [4.69, 9.17) is 9.84 Å². The lowest BCUT2D eigenvalue weighted by Gasteiger charge is -2.12. The number of hydrogen-bond donors (Lipinski definition) is 1. The largest absolute Gasteiger partial charge is 0.479 e. The first-order valence-electron chi connectivity index (χ1n) is 3.98. The number of benzene rings is 1. The first-order valence-corrected chi connectivity index (χ1v) is 3.98. The molecule has 0 aliphatic heterocycles.